The smallest absolute Gasteiger partial charge is 0.410 e. The maximum atomic E-state index is 13.8. The van der Waals surface area contributed by atoms with Gasteiger partial charge in [-0.1, -0.05) is 0 Å². The highest BCUT2D eigenvalue weighted by atomic mass is 19.4. The monoisotopic (exact) mass is 878 g/mol. The predicted molar refractivity (Wildman–Crippen MR) is 92.5 cm³/mol. The molecule has 0 saturated heterocycles. The Bertz CT molecular complexity index is 1360. The molecule has 0 aromatic rings. The van der Waals surface area contributed by atoms with E-state index in [4.69, 9.17) is 5.11 Å². The van der Waals surface area contributed by atoms with E-state index in [9.17, 15) is 150 Å². The van der Waals surface area contributed by atoms with Gasteiger partial charge >= 0.3 is 101 Å². The van der Waals surface area contributed by atoms with Crippen LogP contribution in [0.15, 0.2) is 0 Å². The highest BCUT2D eigenvalue weighted by molar-refractivity contribution is 5.77. The summed E-state index contributed by atoms with van der Waals surface area (Å²) < 4.78 is 442. The largest absolute Gasteiger partial charge is 0.477 e. The van der Waals surface area contributed by atoms with Crippen molar-refractivity contribution in [1.82, 2.24) is 0 Å². The molecule has 0 heterocycles. The third-order valence-electron chi connectivity index (χ3n) is 6.28. The minimum atomic E-state index is -10.2. The summed E-state index contributed by atoms with van der Waals surface area (Å²) in [5.74, 6) is -148. The lowest BCUT2D eigenvalue weighted by molar-refractivity contribution is -0.487. The van der Waals surface area contributed by atoms with Gasteiger partial charge in [0.2, 0.25) is 0 Å². The van der Waals surface area contributed by atoms with Crippen molar-refractivity contribution in [1.29, 1.82) is 0 Å². The molecule has 0 amide bonds. The van der Waals surface area contributed by atoms with Crippen LogP contribution in [0.4, 0.5) is 145 Å². The molecule has 0 aliphatic carbocycles. The summed E-state index contributed by atoms with van der Waals surface area (Å²) >= 11 is 0. The van der Waals surface area contributed by atoms with E-state index < -0.39 is 107 Å². The highest BCUT2D eigenvalue weighted by Gasteiger charge is 3.01. The Kier molecular flexibility index (Phi) is 11.4. The number of hydrogen-bond acceptors (Lipinski definition) is 1. The number of halogens is 33. The third-order valence-corrected chi connectivity index (χ3v) is 6.28. The summed E-state index contributed by atoms with van der Waals surface area (Å²) in [5.41, 5.74) is 0. The first-order valence-corrected chi connectivity index (χ1v) is 11.1. The molecule has 0 aromatic carbocycles. The topological polar surface area (TPSA) is 37.3 Å². The number of alkyl halides is 33. The van der Waals surface area contributed by atoms with Gasteiger partial charge in [0.05, 0.1) is 0 Å². The van der Waals surface area contributed by atoms with E-state index in [1.165, 1.54) is 0 Å². The zero-order chi connectivity index (χ0) is 44.3. The van der Waals surface area contributed by atoms with Gasteiger partial charge < -0.3 is 5.11 Å². The van der Waals surface area contributed by atoms with Gasteiger partial charge in [-0.3, -0.25) is 0 Å². The summed E-state index contributed by atoms with van der Waals surface area (Å²) in [4.78, 5) is 9.95. The lowest BCUT2D eigenvalue weighted by Crippen LogP contribution is -2.79. The fraction of sp³-hybridized carbons (Fsp3) is 0.944. The van der Waals surface area contributed by atoms with Crippen LogP contribution in [0.1, 0.15) is 6.42 Å². The van der Waals surface area contributed by atoms with E-state index in [-0.39, 0.29) is 0 Å². The molecule has 318 valence electrons. The molecule has 0 spiro atoms. The van der Waals surface area contributed by atoms with Crippen LogP contribution in [0.25, 0.3) is 0 Å². The predicted octanol–water partition coefficient (Wildman–Crippen LogP) is 10.6. The zero-order valence-corrected chi connectivity index (χ0v) is 22.5. The molecule has 1 N–H and O–H groups in total. The summed E-state index contributed by atoms with van der Waals surface area (Å²) in [6, 6.07) is 0. The number of rotatable bonds is 16. The Labute approximate surface area is 263 Å². The Morgan fingerprint density at radius 3 is 0.585 bits per heavy atom. The van der Waals surface area contributed by atoms with E-state index in [2.05, 4.69) is 0 Å². The second kappa shape index (κ2) is 12.1. The number of carboxylic acids is 1. The van der Waals surface area contributed by atoms with E-state index in [0.717, 1.165) is 0 Å². The Balaban J connectivity index is 7.71. The molecule has 53 heavy (non-hydrogen) atoms. The van der Waals surface area contributed by atoms with Crippen molar-refractivity contribution in [3.63, 3.8) is 0 Å². The van der Waals surface area contributed by atoms with Gasteiger partial charge in [-0.05, 0) is 0 Å². The maximum absolute atomic E-state index is 13.8. The van der Waals surface area contributed by atoms with Crippen molar-refractivity contribution >= 4 is 5.97 Å². The van der Waals surface area contributed by atoms with Crippen LogP contribution in [0.5, 0.6) is 0 Å². The lowest BCUT2D eigenvalue weighted by Gasteiger charge is -2.46. The van der Waals surface area contributed by atoms with Crippen molar-refractivity contribution < 1.29 is 155 Å². The normalized spacial score (nSPS) is 17.0. The van der Waals surface area contributed by atoms with Crippen molar-refractivity contribution in [3.8, 4) is 0 Å². The first-order chi connectivity index (χ1) is 22.2. The van der Waals surface area contributed by atoms with Gasteiger partial charge in [0, 0.05) is 0 Å². The highest BCUT2D eigenvalue weighted by Crippen LogP contribution is 2.69. The number of carbonyl (C=O) groups is 1. The fourth-order valence-electron chi connectivity index (χ4n) is 3.09. The molecule has 0 bridgehead atoms. The second-order valence-corrected chi connectivity index (χ2v) is 9.84. The molecule has 0 unspecified atom stereocenters. The van der Waals surface area contributed by atoms with Crippen molar-refractivity contribution in [2.75, 3.05) is 0 Å². The average molecular weight is 878 g/mol. The van der Waals surface area contributed by atoms with Gasteiger partial charge in [-0.15, -0.1) is 0 Å². The van der Waals surface area contributed by atoms with Crippen LogP contribution in [0.2, 0.25) is 0 Å². The van der Waals surface area contributed by atoms with Gasteiger partial charge in [0.1, 0.15) is 6.42 Å². The molecule has 0 aromatic heterocycles. The van der Waals surface area contributed by atoms with Gasteiger partial charge in [0.15, 0.2) is 0 Å². The van der Waals surface area contributed by atoms with Crippen molar-refractivity contribution in [2.24, 2.45) is 0 Å². The van der Waals surface area contributed by atoms with Gasteiger partial charge in [-0.25, -0.2) is 4.79 Å². The minimum Gasteiger partial charge on any atom is -0.477 e. The minimum absolute atomic E-state index is 4.84. The Morgan fingerprint density at radius 1 is 0.283 bits per heavy atom. The van der Waals surface area contributed by atoms with E-state index in [1.807, 2.05) is 0 Å². The SMILES string of the molecule is O=C(O)C(F)(F)C(F)(F)C(F)(F)C(F)(F)C(F)(F)C(F)(F)C(F)(F)C(F)(F)C(F)(F)C(F)(F)C(F)(F)C(F)(F)C(F)(F)C(F)(F)C(F)(F)CC(F)(F)F. The van der Waals surface area contributed by atoms with Crippen molar-refractivity contribution in [3.05, 3.63) is 0 Å². The van der Waals surface area contributed by atoms with Crippen LogP contribution >= 0.6 is 0 Å². The number of aliphatic carboxylic acids is 1. The molecule has 0 saturated carbocycles. The third kappa shape index (κ3) is 5.98. The fourth-order valence-corrected chi connectivity index (χ4v) is 3.09. The second-order valence-electron chi connectivity index (χ2n) is 9.84. The van der Waals surface area contributed by atoms with Crippen LogP contribution in [0, 0.1) is 0 Å². The molecule has 0 aliphatic rings. The van der Waals surface area contributed by atoms with E-state index in [0.29, 0.717) is 0 Å². The number of carboxylic acid groups (broad SMARTS) is 1. The molecule has 2 nitrogen and oxygen atoms in total. The summed E-state index contributed by atoms with van der Waals surface area (Å²) in [5, 5.41) is 7.67. The maximum Gasteiger partial charge on any atom is 0.410 e. The van der Waals surface area contributed by atoms with Crippen molar-refractivity contribution in [2.45, 2.75) is 101 Å². The summed E-state index contributed by atoms with van der Waals surface area (Å²) in [6.07, 6.45) is -11.9. The van der Waals surface area contributed by atoms with Gasteiger partial charge in [-0.2, -0.15) is 145 Å². The van der Waals surface area contributed by atoms with E-state index in [1.54, 1.807) is 0 Å². The molecule has 0 radical (unpaired) electrons. The number of hydrogen-bond donors (Lipinski definition) is 1. The molecule has 0 aliphatic heterocycles. The summed E-state index contributed by atoms with van der Waals surface area (Å²) in [7, 11) is 0. The first kappa shape index (κ1) is 50.2. The van der Waals surface area contributed by atoms with Crippen LogP contribution in [-0.2, 0) is 4.79 Å². The lowest BCUT2D eigenvalue weighted by atomic mass is 9.82. The molecule has 0 atom stereocenters. The van der Waals surface area contributed by atoms with Gasteiger partial charge in [0.25, 0.3) is 0 Å². The molecular weight excluding hydrogens is 875 g/mol. The van der Waals surface area contributed by atoms with Crippen LogP contribution < -0.4 is 0 Å². The Morgan fingerprint density at radius 2 is 0.434 bits per heavy atom. The molecular formula is C18H3F33O2. The molecule has 35 heteroatoms. The van der Waals surface area contributed by atoms with Crippen LogP contribution in [-0.4, -0.2) is 106 Å². The Hall–Kier alpha value is -2.84. The standard InChI is InChI=1S/C18H3F33O2/c19-3(20,1-4(21,22)23)6(26,27)8(30,31)10(34,35)12(38,39)14(42,43)16(46,47)18(50,51)17(48,49)15(44,45)13(40,41)11(36,37)9(32,33)7(28,29)5(24,25)2(52)53/h1H2,(H,52,53). The first-order valence-electron chi connectivity index (χ1n) is 11.1. The zero-order valence-electron chi connectivity index (χ0n) is 22.5. The quantitative estimate of drug-likeness (QED) is 0.157. The van der Waals surface area contributed by atoms with Crippen LogP contribution in [0.3, 0.4) is 0 Å². The molecule has 0 fully saturated rings. The molecule has 0 rings (SSSR count). The summed E-state index contributed by atoms with van der Waals surface area (Å²) in [6.45, 7) is 0. The average Bonchev–Trinajstić information content (AvgIpc) is 2.89. The van der Waals surface area contributed by atoms with E-state index >= 15 is 0 Å².